The van der Waals surface area contributed by atoms with Crippen molar-refractivity contribution in [3.63, 3.8) is 0 Å². The molecular formula is C19H20ClN5O3. The summed E-state index contributed by atoms with van der Waals surface area (Å²) in [6.07, 6.45) is 0.789. The van der Waals surface area contributed by atoms with Gasteiger partial charge in [0.15, 0.2) is 0 Å². The Labute approximate surface area is 167 Å². The van der Waals surface area contributed by atoms with E-state index >= 15 is 0 Å². The molecule has 9 heteroatoms. The van der Waals surface area contributed by atoms with Crippen LogP contribution in [0.15, 0.2) is 18.2 Å². The van der Waals surface area contributed by atoms with E-state index in [0.717, 1.165) is 12.1 Å². The maximum atomic E-state index is 12.1. The molecule has 1 aliphatic heterocycles. The third-order valence-electron chi connectivity index (χ3n) is 4.51. The van der Waals surface area contributed by atoms with E-state index in [1.54, 1.807) is 6.07 Å². The van der Waals surface area contributed by atoms with Gasteiger partial charge >= 0.3 is 5.97 Å². The van der Waals surface area contributed by atoms with Crippen LogP contribution in [0, 0.1) is 18.3 Å². The molecule has 1 saturated heterocycles. The van der Waals surface area contributed by atoms with Gasteiger partial charge in [0.25, 0.3) is 0 Å². The van der Waals surface area contributed by atoms with Gasteiger partial charge in [0.1, 0.15) is 11.9 Å². The molecule has 146 valence electrons. The fraction of sp³-hybridized carbons (Fsp3) is 0.368. The van der Waals surface area contributed by atoms with E-state index < -0.39 is 5.97 Å². The molecule has 2 N–H and O–H groups in total. The minimum atomic E-state index is -0.599. The number of nitrogens with two attached hydrogens (primary N) is 1. The maximum absolute atomic E-state index is 12.1. The van der Waals surface area contributed by atoms with Gasteiger partial charge in [-0.05, 0) is 31.0 Å². The number of carbonyl (C=O) groups excluding carboxylic acids is 1. The molecule has 2 heterocycles. The standard InChI is InChI=1S/C19H20ClN5O3/c1-11-6-17(24-19(22)23-11)25-4-3-5-28-10-16(25)14-8-13(18(26)27-2)12(9-21)7-15(14)20/h6-8,16H,3-5,10H2,1-2H3,(H2,22,23,24). The van der Waals surface area contributed by atoms with E-state index in [2.05, 4.69) is 9.97 Å². The predicted molar refractivity (Wildman–Crippen MR) is 104 cm³/mol. The highest BCUT2D eigenvalue weighted by Crippen LogP contribution is 2.35. The Balaban J connectivity index is 2.12. The van der Waals surface area contributed by atoms with Crippen LogP contribution in [0.2, 0.25) is 5.02 Å². The lowest BCUT2D eigenvalue weighted by molar-refractivity contribution is 0.0600. The van der Waals surface area contributed by atoms with Crippen molar-refractivity contribution < 1.29 is 14.3 Å². The van der Waals surface area contributed by atoms with Crippen LogP contribution >= 0.6 is 11.6 Å². The van der Waals surface area contributed by atoms with Crippen molar-refractivity contribution >= 4 is 29.3 Å². The molecule has 8 nitrogen and oxygen atoms in total. The van der Waals surface area contributed by atoms with E-state index in [0.29, 0.717) is 36.2 Å². The fourth-order valence-corrected chi connectivity index (χ4v) is 3.54. The summed E-state index contributed by atoms with van der Waals surface area (Å²) in [5.41, 5.74) is 7.54. The second kappa shape index (κ2) is 8.42. The molecule has 2 aromatic rings. The number of esters is 1. The summed E-state index contributed by atoms with van der Waals surface area (Å²) in [5, 5.41) is 9.71. The first-order chi connectivity index (χ1) is 13.4. The van der Waals surface area contributed by atoms with Crippen molar-refractivity contribution in [1.29, 1.82) is 5.26 Å². The van der Waals surface area contributed by atoms with Crippen LogP contribution in [0.5, 0.6) is 0 Å². The van der Waals surface area contributed by atoms with Gasteiger partial charge < -0.3 is 20.1 Å². The number of rotatable bonds is 3. The zero-order valence-electron chi connectivity index (χ0n) is 15.6. The number of carbonyl (C=O) groups is 1. The highest BCUT2D eigenvalue weighted by molar-refractivity contribution is 6.31. The number of hydrogen-bond donors (Lipinski definition) is 1. The zero-order chi connectivity index (χ0) is 20.3. The molecule has 3 rings (SSSR count). The number of aromatic nitrogens is 2. The molecule has 1 fully saturated rings. The lowest BCUT2D eigenvalue weighted by atomic mass is 9.99. The highest BCUT2D eigenvalue weighted by atomic mass is 35.5. The molecule has 0 aliphatic carbocycles. The number of anilines is 2. The monoisotopic (exact) mass is 401 g/mol. The van der Waals surface area contributed by atoms with Crippen LogP contribution < -0.4 is 10.6 Å². The van der Waals surface area contributed by atoms with Gasteiger partial charge in [-0.3, -0.25) is 0 Å². The van der Waals surface area contributed by atoms with E-state index in [1.807, 2.05) is 24.0 Å². The van der Waals surface area contributed by atoms with Crippen LogP contribution in [0.25, 0.3) is 0 Å². The molecule has 1 aromatic carbocycles. The second-order valence-electron chi connectivity index (χ2n) is 6.39. The number of nitrogens with zero attached hydrogens (tertiary/aromatic N) is 4. The number of nitrogen functional groups attached to an aromatic ring is 1. The number of nitriles is 1. The van der Waals surface area contributed by atoms with Gasteiger partial charge in [-0.2, -0.15) is 10.2 Å². The lowest BCUT2D eigenvalue weighted by Gasteiger charge is -2.31. The summed E-state index contributed by atoms with van der Waals surface area (Å²) in [7, 11) is 1.27. The summed E-state index contributed by atoms with van der Waals surface area (Å²) in [6, 6.07) is 6.58. The smallest absolute Gasteiger partial charge is 0.339 e. The molecule has 1 unspecified atom stereocenters. The minimum absolute atomic E-state index is 0.156. The Morgan fingerprint density at radius 1 is 1.43 bits per heavy atom. The predicted octanol–water partition coefficient (Wildman–Crippen LogP) is 2.65. The molecule has 0 spiro atoms. The number of benzene rings is 1. The Hall–Kier alpha value is -2.89. The van der Waals surface area contributed by atoms with Gasteiger partial charge in [-0.25, -0.2) is 9.78 Å². The maximum Gasteiger partial charge on any atom is 0.339 e. The van der Waals surface area contributed by atoms with Crippen molar-refractivity contribution in [2.75, 3.05) is 37.5 Å². The zero-order valence-corrected chi connectivity index (χ0v) is 16.4. The van der Waals surface area contributed by atoms with Crippen LogP contribution in [0.4, 0.5) is 11.8 Å². The van der Waals surface area contributed by atoms with Crippen molar-refractivity contribution in [3.8, 4) is 6.07 Å². The number of aryl methyl sites for hydroxylation is 1. The van der Waals surface area contributed by atoms with Crippen LogP contribution in [-0.4, -0.2) is 42.8 Å². The van der Waals surface area contributed by atoms with Crippen molar-refractivity contribution in [3.05, 3.63) is 45.6 Å². The summed E-state index contributed by atoms with van der Waals surface area (Å²) in [4.78, 5) is 22.7. The van der Waals surface area contributed by atoms with E-state index in [4.69, 9.17) is 26.8 Å². The lowest BCUT2D eigenvalue weighted by Crippen LogP contribution is -2.32. The largest absolute Gasteiger partial charge is 0.465 e. The molecule has 1 atom stereocenters. The average molecular weight is 402 g/mol. The molecule has 28 heavy (non-hydrogen) atoms. The Kier molecular flexibility index (Phi) is 5.97. The number of methoxy groups -OCH3 is 1. The first-order valence-electron chi connectivity index (χ1n) is 8.72. The molecule has 0 radical (unpaired) electrons. The summed E-state index contributed by atoms with van der Waals surface area (Å²) in [6.45, 7) is 3.43. The number of hydrogen-bond acceptors (Lipinski definition) is 8. The van der Waals surface area contributed by atoms with E-state index in [9.17, 15) is 10.1 Å². The quantitative estimate of drug-likeness (QED) is 0.780. The summed E-state index contributed by atoms with van der Waals surface area (Å²) in [5.74, 6) is 0.235. The second-order valence-corrected chi connectivity index (χ2v) is 6.79. The topological polar surface area (TPSA) is 114 Å². The van der Waals surface area contributed by atoms with E-state index in [-0.39, 0.29) is 23.1 Å². The third kappa shape index (κ3) is 4.01. The minimum Gasteiger partial charge on any atom is -0.465 e. The average Bonchev–Trinajstić information content (AvgIpc) is 2.92. The first kappa shape index (κ1) is 19.9. The highest BCUT2D eigenvalue weighted by Gasteiger charge is 2.29. The molecule has 0 saturated carbocycles. The molecule has 0 bridgehead atoms. The van der Waals surface area contributed by atoms with Gasteiger partial charge in [-0.15, -0.1) is 0 Å². The SMILES string of the molecule is COC(=O)c1cc(C2COCCCN2c2cc(C)nc(N)n2)c(Cl)cc1C#N. The molecule has 1 aromatic heterocycles. The van der Waals surface area contributed by atoms with Gasteiger partial charge in [0.2, 0.25) is 5.95 Å². The van der Waals surface area contributed by atoms with Gasteiger partial charge in [0.05, 0.1) is 30.9 Å². The normalized spacial score (nSPS) is 16.9. The fourth-order valence-electron chi connectivity index (χ4n) is 3.25. The Morgan fingerprint density at radius 3 is 2.89 bits per heavy atom. The van der Waals surface area contributed by atoms with Gasteiger partial charge in [-0.1, -0.05) is 11.6 Å². The Bertz CT molecular complexity index is 924. The number of halogens is 1. The van der Waals surface area contributed by atoms with Crippen molar-refractivity contribution in [1.82, 2.24) is 9.97 Å². The number of ether oxygens (including phenoxy) is 2. The van der Waals surface area contributed by atoms with Crippen molar-refractivity contribution in [2.45, 2.75) is 19.4 Å². The summed E-state index contributed by atoms with van der Waals surface area (Å²) < 4.78 is 10.6. The van der Waals surface area contributed by atoms with Gasteiger partial charge in [0, 0.05) is 29.9 Å². The van der Waals surface area contributed by atoms with Crippen LogP contribution in [0.3, 0.4) is 0 Å². The molecule has 0 amide bonds. The Morgan fingerprint density at radius 2 is 2.21 bits per heavy atom. The molecular weight excluding hydrogens is 382 g/mol. The first-order valence-corrected chi connectivity index (χ1v) is 9.09. The summed E-state index contributed by atoms with van der Waals surface area (Å²) >= 11 is 6.49. The van der Waals surface area contributed by atoms with Crippen LogP contribution in [0.1, 0.15) is 39.6 Å². The third-order valence-corrected chi connectivity index (χ3v) is 4.84. The van der Waals surface area contributed by atoms with Crippen LogP contribution in [-0.2, 0) is 9.47 Å². The molecule has 1 aliphatic rings. The van der Waals surface area contributed by atoms with Crippen molar-refractivity contribution in [2.24, 2.45) is 0 Å². The van der Waals surface area contributed by atoms with E-state index in [1.165, 1.54) is 13.2 Å².